The number of ether oxygens (including phenoxy) is 2. The summed E-state index contributed by atoms with van der Waals surface area (Å²) in [6.07, 6.45) is -5.61. The number of phenolic OH excluding ortho intramolecular Hbond substituents is 1. The number of aliphatic hydroxyl groups is 4. The Balaban J connectivity index is 1.56. The van der Waals surface area contributed by atoms with Gasteiger partial charge in [-0.15, -0.1) is 0 Å². The molecule has 3 aromatic rings. The second kappa shape index (κ2) is 8.05. The molecule has 0 amide bonds. The molecule has 30 heavy (non-hydrogen) atoms. The molecule has 2 aromatic carbocycles. The Bertz CT molecular complexity index is 1090. The molecule has 1 fully saturated rings. The van der Waals surface area contributed by atoms with E-state index in [0.29, 0.717) is 16.5 Å². The van der Waals surface area contributed by atoms with Crippen LogP contribution in [-0.4, -0.2) is 62.8 Å². The SMILES string of the molecule is O=c1c(-c2ccc(O[C@H]3O[C@@H](CO)[C@H](O)[C@H](O)[C@H]3O)cc2)coc2cc(O)ccc12. The largest absolute Gasteiger partial charge is 0.508 e. The fourth-order valence-electron chi connectivity index (χ4n) is 3.33. The second-order valence-electron chi connectivity index (χ2n) is 7.00. The average Bonchev–Trinajstić information content (AvgIpc) is 2.75. The van der Waals surface area contributed by atoms with E-state index in [2.05, 4.69) is 0 Å². The Morgan fingerprint density at radius 1 is 0.967 bits per heavy atom. The Kier molecular flexibility index (Phi) is 5.46. The van der Waals surface area contributed by atoms with Crippen molar-refractivity contribution in [3.8, 4) is 22.6 Å². The molecule has 9 nitrogen and oxygen atoms in total. The Morgan fingerprint density at radius 3 is 2.40 bits per heavy atom. The van der Waals surface area contributed by atoms with Gasteiger partial charge < -0.3 is 39.4 Å². The fraction of sp³-hybridized carbons (Fsp3) is 0.286. The zero-order chi connectivity index (χ0) is 21.4. The fourth-order valence-corrected chi connectivity index (χ4v) is 3.33. The molecule has 5 N–H and O–H groups in total. The molecule has 9 heteroatoms. The van der Waals surface area contributed by atoms with Gasteiger partial charge in [-0.3, -0.25) is 4.79 Å². The van der Waals surface area contributed by atoms with Crippen molar-refractivity contribution in [2.75, 3.05) is 6.61 Å². The lowest BCUT2D eigenvalue weighted by Crippen LogP contribution is -2.60. The van der Waals surface area contributed by atoms with Crippen LogP contribution in [0.2, 0.25) is 0 Å². The number of fused-ring (bicyclic) bond motifs is 1. The van der Waals surface area contributed by atoms with Gasteiger partial charge in [0, 0.05) is 6.07 Å². The van der Waals surface area contributed by atoms with E-state index in [0.717, 1.165) is 0 Å². The van der Waals surface area contributed by atoms with Gasteiger partial charge in [0.25, 0.3) is 0 Å². The first kappa shape index (κ1) is 20.3. The van der Waals surface area contributed by atoms with Crippen molar-refractivity contribution in [1.29, 1.82) is 0 Å². The van der Waals surface area contributed by atoms with Crippen molar-refractivity contribution in [3.05, 3.63) is 59.0 Å². The second-order valence-corrected chi connectivity index (χ2v) is 7.00. The molecule has 1 aliphatic rings. The van der Waals surface area contributed by atoms with E-state index >= 15 is 0 Å². The van der Waals surface area contributed by atoms with Crippen molar-refractivity contribution in [3.63, 3.8) is 0 Å². The normalized spacial score (nSPS) is 26.6. The van der Waals surface area contributed by atoms with Crippen LogP contribution in [0.15, 0.2) is 57.9 Å². The van der Waals surface area contributed by atoms with Gasteiger partial charge in [-0.2, -0.15) is 0 Å². The van der Waals surface area contributed by atoms with E-state index in [9.17, 15) is 30.3 Å². The maximum atomic E-state index is 12.7. The summed E-state index contributed by atoms with van der Waals surface area (Å²) in [6, 6.07) is 10.5. The minimum atomic E-state index is -1.54. The summed E-state index contributed by atoms with van der Waals surface area (Å²) in [5.41, 5.74) is 0.873. The third-order valence-corrected chi connectivity index (χ3v) is 5.02. The molecule has 0 radical (unpaired) electrons. The molecule has 4 rings (SSSR count). The van der Waals surface area contributed by atoms with Crippen molar-refractivity contribution in [1.82, 2.24) is 0 Å². The van der Waals surface area contributed by atoms with Crippen LogP contribution >= 0.6 is 0 Å². The molecule has 5 atom stereocenters. The van der Waals surface area contributed by atoms with Gasteiger partial charge in [-0.25, -0.2) is 0 Å². The maximum Gasteiger partial charge on any atom is 0.229 e. The predicted octanol–water partition coefficient (Wildman–Crippen LogP) is 0.344. The first-order valence-electron chi connectivity index (χ1n) is 9.21. The predicted molar refractivity (Wildman–Crippen MR) is 104 cm³/mol. The first-order valence-corrected chi connectivity index (χ1v) is 9.21. The Labute approximate surface area is 170 Å². The molecule has 0 spiro atoms. The van der Waals surface area contributed by atoms with Crippen molar-refractivity contribution < 1.29 is 39.4 Å². The molecular weight excluding hydrogens is 396 g/mol. The number of aromatic hydroxyl groups is 1. The van der Waals surface area contributed by atoms with E-state index in [1.807, 2.05) is 0 Å². The van der Waals surface area contributed by atoms with Crippen molar-refractivity contribution in [2.45, 2.75) is 30.7 Å². The summed E-state index contributed by atoms with van der Waals surface area (Å²) in [4.78, 5) is 12.7. The van der Waals surface area contributed by atoms with Crippen LogP contribution in [-0.2, 0) is 4.74 Å². The van der Waals surface area contributed by atoms with Gasteiger partial charge in [0.15, 0.2) is 5.43 Å². The van der Waals surface area contributed by atoms with Crippen molar-refractivity contribution >= 4 is 11.0 Å². The van der Waals surface area contributed by atoms with Gasteiger partial charge in [0.2, 0.25) is 6.29 Å². The highest BCUT2D eigenvalue weighted by Crippen LogP contribution is 2.27. The van der Waals surface area contributed by atoms with Crippen LogP contribution in [0.25, 0.3) is 22.1 Å². The van der Waals surface area contributed by atoms with Crippen LogP contribution in [0.1, 0.15) is 0 Å². The first-order chi connectivity index (χ1) is 14.4. The molecule has 0 saturated carbocycles. The highest BCUT2D eigenvalue weighted by molar-refractivity contribution is 5.82. The van der Waals surface area contributed by atoms with Gasteiger partial charge in [-0.1, -0.05) is 12.1 Å². The standard InChI is InChI=1S/C21H20O9/c22-8-16-18(25)19(26)20(27)21(30-16)29-12-4-1-10(2-5-12)14-9-28-15-7-11(23)3-6-13(15)17(14)24/h1-7,9,16,18-23,25-27H,8H2/t16-,18-,19-,20+,21-/m0/s1. The van der Waals surface area contributed by atoms with Crippen LogP contribution < -0.4 is 10.2 Å². The third kappa shape index (κ3) is 3.64. The van der Waals surface area contributed by atoms with Gasteiger partial charge in [-0.05, 0) is 29.8 Å². The van der Waals surface area contributed by atoms with Crippen LogP contribution in [0, 0.1) is 0 Å². The Morgan fingerprint density at radius 2 is 1.70 bits per heavy atom. The number of hydrogen-bond acceptors (Lipinski definition) is 9. The number of rotatable bonds is 4. The zero-order valence-electron chi connectivity index (χ0n) is 15.6. The lowest BCUT2D eigenvalue weighted by atomic mass is 9.99. The van der Waals surface area contributed by atoms with Gasteiger partial charge >= 0.3 is 0 Å². The summed E-state index contributed by atoms with van der Waals surface area (Å²) in [7, 11) is 0. The lowest BCUT2D eigenvalue weighted by Gasteiger charge is -2.39. The van der Waals surface area contributed by atoms with E-state index in [-0.39, 0.29) is 22.5 Å². The van der Waals surface area contributed by atoms with E-state index in [4.69, 9.17) is 13.9 Å². The summed E-state index contributed by atoms with van der Waals surface area (Å²) in [6.45, 7) is -0.556. The molecule has 2 heterocycles. The highest BCUT2D eigenvalue weighted by atomic mass is 16.7. The molecule has 1 aliphatic heterocycles. The van der Waals surface area contributed by atoms with Crippen molar-refractivity contribution in [2.24, 2.45) is 0 Å². The third-order valence-electron chi connectivity index (χ3n) is 5.02. The maximum absolute atomic E-state index is 12.7. The summed E-state index contributed by atoms with van der Waals surface area (Å²) in [5, 5.41) is 48.8. The number of benzene rings is 2. The Hall–Kier alpha value is -2.95. The summed E-state index contributed by atoms with van der Waals surface area (Å²) >= 11 is 0. The number of hydrogen-bond donors (Lipinski definition) is 5. The molecule has 1 saturated heterocycles. The van der Waals surface area contributed by atoms with E-state index < -0.39 is 37.3 Å². The monoisotopic (exact) mass is 416 g/mol. The minimum absolute atomic E-state index is 0.00639. The molecule has 1 aromatic heterocycles. The van der Waals surface area contributed by atoms with Crippen LogP contribution in [0.5, 0.6) is 11.5 Å². The number of phenols is 1. The topological polar surface area (TPSA) is 150 Å². The smallest absolute Gasteiger partial charge is 0.229 e. The average molecular weight is 416 g/mol. The number of aliphatic hydroxyl groups excluding tert-OH is 4. The minimum Gasteiger partial charge on any atom is -0.508 e. The van der Waals surface area contributed by atoms with E-state index in [1.54, 1.807) is 12.1 Å². The summed E-state index contributed by atoms with van der Waals surface area (Å²) < 4.78 is 16.3. The zero-order valence-corrected chi connectivity index (χ0v) is 15.6. The van der Waals surface area contributed by atoms with Crippen LogP contribution in [0.4, 0.5) is 0 Å². The van der Waals surface area contributed by atoms with Crippen LogP contribution in [0.3, 0.4) is 0 Å². The molecule has 0 bridgehead atoms. The van der Waals surface area contributed by atoms with Gasteiger partial charge in [0.1, 0.15) is 47.8 Å². The van der Waals surface area contributed by atoms with E-state index in [1.165, 1.54) is 36.6 Å². The lowest BCUT2D eigenvalue weighted by molar-refractivity contribution is -0.277. The summed E-state index contributed by atoms with van der Waals surface area (Å²) in [5.74, 6) is 0.270. The molecule has 0 unspecified atom stereocenters. The quantitative estimate of drug-likeness (QED) is 0.406. The molecular formula is C21H20O9. The molecule has 0 aliphatic carbocycles. The molecule has 158 valence electrons. The van der Waals surface area contributed by atoms with Gasteiger partial charge in [0.05, 0.1) is 17.6 Å². The highest BCUT2D eigenvalue weighted by Gasteiger charge is 2.44.